The zero-order valence-corrected chi connectivity index (χ0v) is 8.49. The van der Waals surface area contributed by atoms with Crippen LogP contribution >= 0.6 is 0 Å². The molecule has 1 unspecified atom stereocenters. The molecule has 1 atom stereocenters. The van der Waals surface area contributed by atoms with Crippen LogP contribution in [-0.4, -0.2) is 35.1 Å². The van der Waals surface area contributed by atoms with E-state index in [0.717, 1.165) is 12.8 Å². The molecule has 1 fully saturated rings. The second-order valence-electron chi connectivity index (χ2n) is 3.97. The van der Waals surface area contributed by atoms with Crippen molar-refractivity contribution in [3.8, 4) is 0 Å². The Balaban J connectivity index is 2.44. The molecule has 0 aromatic rings. The maximum atomic E-state index is 10.7. The molecule has 0 bridgehead atoms. The van der Waals surface area contributed by atoms with Gasteiger partial charge in [0, 0.05) is 6.04 Å². The predicted octanol–water partition coefficient (Wildman–Crippen LogP) is 1.72. The van der Waals surface area contributed by atoms with Crippen LogP contribution in [0.2, 0.25) is 0 Å². The van der Waals surface area contributed by atoms with E-state index in [1.54, 1.807) is 6.92 Å². The number of rotatable bonds is 3. The number of hydrogen-bond donors (Lipinski definition) is 1. The maximum Gasteiger partial charge on any atom is 0.320 e. The Morgan fingerprint density at radius 3 is 2.38 bits per heavy atom. The summed E-state index contributed by atoms with van der Waals surface area (Å²) in [7, 11) is 1.93. The molecule has 1 saturated carbocycles. The molecule has 0 amide bonds. The highest BCUT2D eigenvalue weighted by Gasteiger charge is 2.25. The van der Waals surface area contributed by atoms with Gasteiger partial charge in [0.2, 0.25) is 0 Å². The third-order valence-electron chi connectivity index (χ3n) is 3.12. The maximum absolute atomic E-state index is 10.7. The lowest BCUT2D eigenvalue weighted by atomic mass is 9.94. The predicted molar refractivity (Wildman–Crippen MR) is 51.7 cm³/mol. The van der Waals surface area contributed by atoms with Crippen molar-refractivity contribution in [1.82, 2.24) is 4.90 Å². The van der Waals surface area contributed by atoms with Gasteiger partial charge in [-0.25, -0.2) is 0 Å². The number of carboxylic acid groups (broad SMARTS) is 1. The molecule has 3 heteroatoms. The van der Waals surface area contributed by atoms with E-state index >= 15 is 0 Å². The molecule has 0 heterocycles. The first-order valence-corrected chi connectivity index (χ1v) is 5.07. The second-order valence-corrected chi connectivity index (χ2v) is 3.97. The third kappa shape index (κ3) is 2.69. The number of carbonyl (C=O) groups is 1. The summed E-state index contributed by atoms with van der Waals surface area (Å²) in [6.07, 6.45) is 6.14. The summed E-state index contributed by atoms with van der Waals surface area (Å²) < 4.78 is 0. The number of carboxylic acids is 1. The summed E-state index contributed by atoms with van der Waals surface area (Å²) in [4.78, 5) is 12.7. The van der Waals surface area contributed by atoms with E-state index in [-0.39, 0.29) is 6.04 Å². The van der Waals surface area contributed by atoms with Gasteiger partial charge >= 0.3 is 5.97 Å². The summed E-state index contributed by atoms with van der Waals surface area (Å²) in [5.74, 6) is -0.715. The van der Waals surface area contributed by atoms with Crippen LogP contribution in [0.25, 0.3) is 0 Å². The number of likely N-dealkylation sites (N-methyl/N-ethyl adjacent to an activating group) is 1. The Hall–Kier alpha value is -0.570. The van der Waals surface area contributed by atoms with Crippen LogP contribution in [-0.2, 0) is 4.79 Å². The molecule has 0 aliphatic heterocycles. The fourth-order valence-corrected chi connectivity index (χ4v) is 1.98. The van der Waals surface area contributed by atoms with Gasteiger partial charge in [-0.2, -0.15) is 0 Å². The molecular formula is C10H19NO2. The van der Waals surface area contributed by atoms with Gasteiger partial charge in [-0.1, -0.05) is 19.3 Å². The van der Waals surface area contributed by atoms with Crippen LogP contribution in [0.4, 0.5) is 0 Å². The van der Waals surface area contributed by atoms with Crippen molar-refractivity contribution < 1.29 is 9.90 Å². The Bertz CT molecular complexity index is 176. The van der Waals surface area contributed by atoms with Crippen molar-refractivity contribution in [2.24, 2.45) is 0 Å². The molecular weight excluding hydrogens is 166 g/mol. The minimum absolute atomic E-state index is 0.344. The first-order chi connectivity index (χ1) is 6.13. The van der Waals surface area contributed by atoms with Crippen LogP contribution in [0.3, 0.4) is 0 Å². The van der Waals surface area contributed by atoms with E-state index in [1.807, 2.05) is 11.9 Å². The lowest BCUT2D eigenvalue weighted by Gasteiger charge is -2.33. The van der Waals surface area contributed by atoms with E-state index < -0.39 is 5.97 Å². The minimum Gasteiger partial charge on any atom is -0.480 e. The monoisotopic (exact) mass is 185 g/mol. The fraction of sp³-hybridized carbons (Fsp3) is 0.900. The lowest BCUT2D eigenvalue weighted by Crippen LogP contribution is -2.43. The molecule has 1 rings (SSSR count). The summed E-state index contributed by atoms with van der Waals surface area (Å²) in [5, 5.41) is 8.84. The molecule has 1 aliphatic rings. The van der Waals surface area contributed by atoms with Gasteiger partial charge in [0.25, 0.3) is 0 Å². The quantitative estimate of drug-likeness (QED) is 0.728. The molecule has 0 saturated heterocycles. The minimum atomic E-state index is -0.715. The first kappa shape index (κ1) is 10.5. The highest BCUT2D eigenvalue weighted by molar-refractivity contribution is 5.72. The molecule has 1 aliphatic carbocycles. The second kappa shape index (κ2) is 4.61. The van der Waals surface area contributed by atoms with E-state index in [2.05, 4.69) is 0 Å². The molecule has 0 radical (unpaired) electrons. The van der Waals surface area contributed by atoms with Gasteiger partial charge < -0.3 is 5.11 Å². The van der Waals surface area contributed by atoms with Crippen molar-refractivity contribution in [3.05, 3.63) is 0 Å². The average Bonchev–Trinajstić information content (AvgIpc) is 2.17. The Kier molecular flexibility index (Phi) is 3.72. The Labute approximate surface area is 79.7 Å². The summed E-state index contributed by atoms with van der Waals surface area (Å²) >= 11 is 0. The summed E-state index contributed by atoms with van der Waals surface area (Å²) in [5.41, 5.74) is 0. The van der Waals surface area contributed by atoms with Gasteiger partial charge in [-0.15, -0.1) is 0 Å². The van der Waals surface area contributed by atoms with Gasteiger partial charge in [0.15, 0.2) is 0 Å². The first-order valence-electron chi connectivity index (χ1n) is 5.07. The van der Waals surface area contributed by atoms with Crippen molar-refractivity contribution in [2.45, 2.75) is 51.1 Å². The Morgan fingerprint density at radius 2 is 1.92 bits per heavy atom. The Morgan fingerprint density at radius 1 is 1.38 bits per heavy atom. The molecule has 1 N–H and O–H groups in total. The van der Waals surface area contributed by atoms with Gasteiger partial charge in [-0.3, -0.25) is 9.69 Å². The van der Waals surface area contributed by atoms with Crippen LogP contribution in [0.5, 0.6) is 0 Å². The van der Waals surface area contributed by atoms with Gasteiger partial charge in [0.05, 0.1) is 0 Å². The zero-order valence-electron chi connectivity index (χ0n) is 8.49. The molecule has 76 valence electrons. The number of nitrogens with zero attached hydrogens (tertiary/aromatic N) is 1. The summed E-state index contributed by atoms with van der Waals surface area (Å²) in [6.45, 7) is 1.76. The molecule has 3 nitrogen and oxygen atoms in total. The fourth-order valence-electron chi connectivity index (χ4n) is 1.98. The topological polar surface area (TPSA) is 40.5 Å². The van der Waals surface area contributed by atoms with Gasteiger partial charge in [-0.05, 0) is 26.8 Å². The lowest BCUT2D eigenvalue weighted by molar-refractivity contribution is -0.143. The normalized spacial score (nSPS) is 21.8. The van der Waals surface area contributed by atoms with Gasteiger partial charge in [0.1, 0.15) is 6.04 Å². The average molecular weight is 185 g/mol. The van der Waals surface area contributed by atoms with Crippen molar-refractivity contribution in [3.63, 3.8) is 0 Å². The van der Waals surface area contributed by atoms with E-state index in [9.17, 15) is 4.79 Å². The zero-order chi connectivity index (χ0) is 9.84. The smallest absolute Gasteiger partial charge is 0.320 e. The third-order valence-corrected chi connectivity index (χ3v) is 3.12. The molecule has 0 spiro atoms. The van der Waals surface area contributed by atoms with Crippen LogP contribution in [0, 0.1) is 0 Å². The van der Waals surface area contributed by atoms with Crippen molar-refractivity contribution >= 4 is 5.97 Å². The number of hydrogen-bond acceptors (Lipinski definition) is 2. The number of aliphatic carboxylic acids is 1. The van der Waals surface area contributed by atoms with Crippen LogP contribution < -0.4 is 0 Å². The van der Waals surface area contributed by atoms with Crippen molar-refractivity contribution in [1.29, 1.82) is 0 Å². The highest BCUT2D eigenvalue weighted by atomic mass is 16.4. The largest absolute Gasteiger partial charge is 0.480 e. The van der Waals surface area contributed by atoms with E-state index in [1.165, 1.54) is 19.3 Å². The van der Waals surface area contributed by atoms with Crippen LogP contribution in [0.1, 0.15) is 39.0 Å². The standard InChI is InChI=1S/C10H19NO2/c1-8(10(12)13)11(2)9-6-4-3-5-7-9/h8-9H,3-7H2,1-2H3,(H,12,13). The van der Waals surface area contributed by atoms with E-state index in [4.69, 9.17) is 5.11 Å². The molecule has 13 heavy (non-hydrogen) atoms. The van der Waals surface area contributed by atoms with Crippen LogP contribution in [0.15, 0.2) is 0 Å². The van der Waals surface area contributed by atoms with E-state index in [0.29, 0.717) is 6.04 Å². The SMILES string of the molecule is CC(C(=O)O)N(C)C1CCCCC1. The summed E-state index contributed by atoms with van der Waals surface area (Å²) in [6, 6.07) is 0.142. The van der Waals surface area contributed by atoms with Crippen molar-refractivity contribution in [2.75, 3.05) is 7.05 Å². The molecule has 0 aromatic carbocycles. The highest BCUT2D eigenvalue weighted by Crippen LogP contribution is 2.22. The molecule has 0 aromatic heterocycles.